The average Bonchev–Trinajstić information content (AvgIpc) is 3.27. The van der Waals surface area contributed by atoms with Gasteiger partial charge < -0.3 is 5.32 Å². The van der Waals surface area contributed by atoms with Crippen LogP contribution in [0.3, 0.4) is 0 Å². The van der Waals surface area contributed by atoms with E-state index in [0.717, 1.165) is 33.3 Å². The molecule has 0 saturated carbocycles. The second-order valence-corrected chi connectivity index (χ2v) is 7.18. The second-order valence-electron chi connectivity index (χ2n) is 6.12. The molecule has 0 fully saturated rings. The highest BCUT2D eigenvalue weighted by atomic mass is 32.1. The van der Waals surface area contributed by atoms with Crippen molar-refractivity contribution in [3.63, 3.8) is 0 Å². The number of carbonyl (C=O) groups is 1. The van der Waals surface area contributed by atoms with Gasteiger partial charge in [-0.05, 0) is 25.1 Å². The Morgan fingerprint density at radius 2 is 2.04 bits per heavy atom. The molecule has 1 amide bonds. The summed E-state index contributed by atoms with van der Waals surface area (Å²) in [5, 5.41) is 10.3. The van der Waals surface area contributed by atoms with E-state index in [2.05, 4.69) is 25.4 Å². The van der Waals surface area contributed by atoms with Crippen LogP contribution in [0, 0.1) is 6.92 Å². The maximum Gasteiger partial charge on any atom is 0.226 e. The number of aromatic nitrogens is 5. The molecule has 4 rings (SSSR count). The Kier molecular flexibility index (Phi) is 4.88. The molecule has 8 heteroatoms. The number of nitrogens with zero attached hydrogens (tertiary/aromatic N) is 5. The monoisotopic (exact) mass is 378 g/mol. The summed E-state index contributed by atoms with van der Waals surface area (Å²) in [6, 6.07) is 7.72. The molecular formula is C19H18N6OS. The second kappa shape index (κ2) is 7.63. The van der Waals surface area contributed by atoms with Crippen LogP contribution in [-0.2, 0) is 17.6 Å². The Hall–Kier alpha value is -3.13. The first-order valence-corrected chi connectivity index (χ1v) is 9.49. The number of carbonyl (C=O) groups excluding carboxylic acids is 1. The van der Waals surface area contributed by atoms with E-state index in [1.54, 1.807) is 28.2 Å². The molecule has 136 valence electrons. The van der Waals surface area contributed by atoms with Crippen molar-refractivity contribution in [1.29, 1.82) is 0 Å². The van der Waals surface area contributed by atoms with Gasteiger partial charge in [-0.1, -0.05) is 0 Å². The zero-order valence-corrected chi connectivity index (χ0v) is 15.6. The van der Waals surface area contributed by atoms with Gasteiger partial charge in [-0.2, -0.15) is 5.10 Å². The third-order valence-electron chi connectivity index (χ3n) is 4.06. The van der Waals surface area contributed by atoms with E-state index in [4.69, 9.17) is 0 Å². The van der Waals surface area contributed by atoms with E-state index >= 15 is 0 Å². The lowest BCUT2D eigenvalue weighted by molar-refractivity contribution is -0.120. The molecule has 4 aromatic rings. The lowest BCUT2D eigenvalue weighted by atomic mass is 10.2. The van der Waals surface area contributed by atoms with E-state index in [0.29, 0.717) is 19.4 Å². The molecule has 0 bridgehead atoms. The Morgan fingerprint density at radius 1 is 1.19 bits per heavy atom. The summed E-state index contributed by atoms with van der Waals surface area (Å²) in [6.07, 6.45) is 6.35. The first-order chi connectivity index (χ1) is 13.2. The summed E-state index contributed by atoms with van der Waals surface area (Å²) < 4.78 is 1.75. The summed E-state index contributed by atoms with van der Waals surface area (Å²) in [5.41, 5.74) is 4.38. The number of hydrogen-bond donors (Lipinski definition) is 1. The van der Waals surface area contributed by atoms with E-state index in [1.165, 1.54) is 0 Å². The number of thiazole rings is 1. The van der Waals surface area contributed by atoms with Crippen LogP contribution in [0.25, 0.3) is 16.9 Å². The zero-order valence-electron chi connectivity index (χ0n) is 14.8. The first-order valence-electron chi connectivity index (χ1n) is 8.61. The summed E-state index contributed by atoms with van der Waals surface area (Å²) in [5.74, 6) is -0.0258. The highest BCUT2D eigenvalue weighted by molar-refractivity contribution is 7.09. The fraction of sp³-hybridized carbons (Fsp3) is 0.211. The van der Waals surface area contributed by atoms with Gasteiger partial charge in [0.15, 0.2) is 5.65 Å². The molecule has 0 aliphatic rings. The molecular weight excluding hydrogens is 360 g/mol. The van der Waals surface area contributed by atoms with E-state index < -0.39 is 0 Å². The number of nitrogens with one attached hydrogen (secondary N) is 1. The molecule has 0 atom stereocenters. The number of amides is 1. The maximum absolute atomic E-state index is 12.0. The average molecular weight is 378 g/mol. The highest BCUT2D eigenvalue weighted by Gasteiger charge is 2.08. The van der Waals surface area contributed by atoms with Gasteiger partial charge in [0.25, 0.3) is 0 Å². The summed E-state index contributed by atoms with van der Waals surface area (Å²) >= 11 is 1.55. The number of fused-ring (bicyclic) bond motifs is 1. The molecule has 0 radical (unpaired) electrons. The summed E-state index contributed by atoms with van der Waals surface area (Å²) in [6.45, 7) is 2.46. The van der Waals surface area contributed by atoms with Crippen molar-refractivity contribution in [2.24, 2.45) is 0 Å². The van der Waals surface area contributed by atoms with Crippen molar-refractivity contribution in [2.45, 2.75) is 19.8 Å². The van der Waals surface area contributed by atoms with E-state index in [1.807, 2.05) is 42.8 Å². The van der Waals surface area contributed by atoms with E-state index in [-0.39, 0.29) is 5.91 Å². The standard InChI is InChI=1S/C19H18N6OS/c1-13-22-16(12-27-13)11-19(26)21-8-4-15-10-18-23-17(5-9-25(18)24-15)14-2-6-20-7-3-14/h2-3,5-7,9-10,12H,4,8,11H2,1H3,(H,21,26). The van der Waals surface area contributed by atoms with Gasteiger partial charge in [0.1, 0.15) is 0 Å². The number of aryl methyl sites for hydroxylation is 1. The fourth-order valence-electron chi connectivity index (χ4n) is 2.78. The Morgan fingerprint density at radius 3 is 2.81 bits per heavy atom. The molecule has 0 aliphatic carbocycles. The van der Waals surface area contributed by atoms with Crippen molar-refractivity contribution in [2.75, 3.05) is 6.54 Å². The molecule has 4 aromatic heterocycles. The number of pyridine rings is 1. The van der Waals surface area contributed by atoms with Crippen LogP contribution in [-0.4, -0.2) is 37.0 Å². The Balaban J connectivity index is 1.37. The minimum atomic E-state index is -0.0258. The predicted molar refractivity (Wildman–Crippen MR) is 103 cm³/mol. The maximum atomic E-state index is 12.0. The summed E-state index contributed by atoms with van der Waals surface area (Å²) in [7, 11) is 0. The zero-order chi connectivity index (χ0) is 18.6. The van der Waals surface area contributed by atoms with Crippen molar-refractivity contribution in [1.82, 2.24) is 29.9 Å². The van der Waals surface area contributed by atoms with Crippen LogP contribution in [0.2, 0.25) is 0 Å². The number of hydrogen-bond acceptors (Lipinski definition) is 6. The molecule has 0 aromatic carbocycles. The predicted octanol–water partition coefficient (Wildman–Crippen LogP) is 2.46. The molecule has 0 unspecified atom stereocenters. The fourth-order valence-corrected chi connectivity index (χ4v) is 3.39. The van der Waals surface area contributed by atoms with Gasteiger partial charge in [0.05, 0.1) is 28.5 Å². The molecule has 7 nitrogen and oxygen atoms in total. The minimum absolute atomic E-state index is 0.0258. The van der Waals surface area contributed by atoms with Crippen molar-refractivity contribution in [3.05, 3.63) is 64.6 Å². The smallest absolute Gasteiger partial charge is 0.226 e. The van der Waals surface area contributed by atoms with Crippen LogP contribution < -0.4 is 5.32 Å². The molecule has 1 N–H and O–H groups in total. The quantitative estimate of drug-likeness (QED) is 0.557. The SMILES string of the molecule is Cc1nc(CC(=O)NCCc2cc3nc(-c4ccncc4)ccn3n2)cs1. The van der Waals surface area contributed by atoms with Gasteiger partial charge in [-0.25, -0.2) is 14.5 Å². The molecule has 4 heterocycles. The third-order valence-corrected chi connectivity index (χ3v) is 4.89. The van der Waals surface area contributed by atoms with Crippen LogP contribution in [0.4, 0.5) is 0 Å². The number of rotatable bonds is 6. The molecule has 0 spiro atoms. The molecule has 27 heavy (non-hydrogen) atoms. The first kappa shape index (κ1) is 17.3. The van der Waals surface area contributed by atoms with Gasteiger partial charge >= 0.3 is 0 Å². The normalized spacial score (nSPS) is 11.0. The lowest BCUT2D eigenvalue weighted by Gasteiger charge is -2.02. The third kappa shape index (κ3) is 4.17. The highest BCUT2D eigenvalue weighted by Crippen LogP contribution is 2.16. The van der Waals surface area contributed by atoms with Gasteiger partial charge in [0.2, 0.25) is 5.91 Å². The van der Waals surface area contributed by atoms with E-state index in [9.17, 15) is 4.79 Å². The van der Waals surface area contributed by atoms with Gasteiger partial charge in [0, 0.05) is 48.6 Å². The van der Waals surface area contributed by atoms with Crippen LogP contribution in [0.5, 0.6) is 0 Å². The van der Waals surface area contributed by atoms with Crippen LogP contribution in [0.15, 0.2) is 48.2 Å². The van der Waals surface area contributed by atoms with Gasteiger partial charge in [-0.3, -0.25) is 9.78 Å². The Bertz CT molecular complexity index is 1070. The van der Waals surface area contributed by atoms with Crippen molar-refractivity contribution >= 4 is 22.9 Å². The summed E-state index contributed by atoms with van der Waals surface area (Å²) in [4.78, 5) is 25.0. The minimum Gasteiger partial charge on any atom is -0.355 e. The van der Waals surface area contributed by atoms with Crippen LogP contribution in [0.1, 0.15) is 16.4 Å². The Labute approximate surface area is 160 Å². The molecule has 0 saturated heterocycles. The van der Waals surface area contributed by atoms with Crippen LogP contribution >= 0.6 is 11.3 Å². The largest absolute Gasteiger partial charge is 0.355 e. The van der Waals surface area contributed by atoms with Crippen molar-refractivity contribution < 1.29 is 4.79 Å². The van der Waals surface area contributed by atoms with Gasteiger partial charge in [-0.15, -0.1) is 11.3 Å². The van der Waals surface area contributed by atoms with Crippen molar-refractivity contribution in [3.8, 4) is 11.3 Å². The lowest BCUT2D eigenvalue weighted by Crippen LogP contribution is -2.27. The molecule has 0 aliphatic heterocycles. The topological polar surface area (TPSA) is 85.1 Å².